The van der Waals surface area contributed by atoms with Crippen molar-refractivity contribution in [2.75, 3.05) is 18.6 Å². The van der Waals surface area contributed by atoms with E-state index in [4.69, 9.17) is 4.74 Å². The van der Waals surface area contributed by atoms with E-state index in [0.717, 1.165) is 21.8 Å². The highest BCUT2D eigenvalue weighted by atomic mass is 19.4. The number of nitrogens with zero attached hydrogens (tertiary/aromatic N) is 6. The summed E-state index contributed by atoms with van der Waals surface area (Å²) in [5, 5.41) is 8.55. The van der Waals surface area contributed by atoms with E-state index in [1.165, 1.54) is 4.68 Å². The summed E-state index contributed by atoms with van der Waals surface area (Å²) in [6.45, 7) is 0.538. The molecule has 0 radical (unpaired) electrons. The number of hydrogen-bond donors (Lipinski definition) is 0. The van der Waals surface area contributed by atoms with E-state index in [1.807, 2.05) is 35.9 Å². The second-order valence-corrected chi connectivity index (χ2v) is 9.86. The Bertz CT molecular complexity index is 1530. The Morgan fingerprint density at radius 2 is 1.95 bits per heavy atom. The molecule has 2 atom stereocenters. The first-order chi connectivity index (χ1) is 18.2. The van der Waals surface area contributed by atoms with Gasteiger partial charge >= 0.3 is 6.18 Å². The zero-order valence-electron chi connectivity index (χ0n) is 20.8. The molecule has 196 valence electrons. The molecule has 1 saturated carbocycles. The number of carbonyl (C=O) groups excluding carboxylic acids is 1. The van der Waals surface area contributed by atoms with Crippen LogP contribution in [0.15, 0.2) is 61.2 Å². The van der Waals surface area contributed by atoms with Gasteiger partial charge in [0.25, 0.3) is 5.91 Å². The molecule has 3 heterocycles. The molecule has 0 bridgehead atoms. The number of ether oxygens (including phenoxy) is 1. The normalized spacial score (nSPS) is 20.9. The van der Waals surface area contributed by atoms with E-state index in [1.54, 1.807) is 43.9 Å². The fourth-order valence-electron chi connectivity index (χ4n) is 5.49. The Hall–Kier alpha value is -4.15. The topological polar surface area (TPSA) is 78.1 Å². The van der Waals surface area contributed by atoms with Crippen molar-refractivity contribution in [2.24, 2.45) is 5.92 Å². The van der Waals surface area contributed by atoms with Gasteiger partial charge in [-0.2, -0.15) is 13.2 Å². The third-order valence-corrected chi connectivity index (χ3v) is 7.44. The number of aryl methyl sites for hydroxylation is 2. The number of benzene rings is 2. The zero-order chi connectivity index (χ0) is 26.7. The van der Waals surface area contributed by atoms with Crippen molar-refractivity contribution < 1.29 is 22.7 Å². The third kappa shape index (κ3) is 4.02. The smallest absolute Gasteiger partial charge is 0.406 e. The van der Waals surface area contributed by atoms with Crippen molar-refractivity contribution in [1.29, 1.82) is 0 Å². The number of imidazole rings is 1. The van der Waals surface area contributed by atoms with Crippen LogP contribution in [0.2, 0.25) is 0 Å². The highest BCUT2D eigenvalue weighted by molar-refractivity contribution is 6.02. The van der Waals surface area contributed by atoms with E-state index in [2.05, 4.69) is 15.3 Å². The molecule has 1 aliphatic heterocycles. The fourth-order valence-corrected chi connectivity index (χ4v) is 5.49. The number of para-hydroxylation sites is 1. The summed E-state index contributed by atoms with van der Waals surface area (Å²) in [7, 11) is 1.57. The minimum Gasteiger partial charge on any atom is -0.495 e. The quantitative estimate of drug-likeness (QED) is 0.380. The van der Waals surface area contributed by atoms with Gasteiger partial charge in [-0.15, -0.1) is 5.10 Å². The summed E-state index contributed by atoms with van der Waals surface area (Å²) in [4.78, 5) is 19.0. The molecule has 6 rings (SSSR count). The van der Waals surface area contributed by atoms with Crippen LogP contribution in [-0.2, 0) is 16.8 Å². The van der Waals surface area contributed by atoms with Gasteiger partial charge in [-0.25, -0.2) is 9.67 Å². The monoisotopic (exact) mass is 522 g/mol. The molecule has 0 spiro atoms. The van der Waals surface area contributed by atoms with E-state index in [0.29, 0.717) is 42.0 Å². The summed E-state index contributed by atoms with van der Waals surface area (Å²) in [6, 6.07) is 12.4. The van der Waals surface area contributed by atoms with Crippen LogP contribution < -0.4 is 9.64 Å². The van der Waals surface area contributed by atoms with Crippen molar-refractivity contribution in [2.45, 2.75) is 37.9 Å². The van der Waals surface area contributed by atoms with Crippen molar-refractivity contribution in [3.05, 3.63) is 72.4 Å². The third-order valence-electron chi connectivity index (χ3n) is 7.44. The van der Waals surface area contributed by atoms with Crippen LogP contribution in [0, 0.1) is 12.8 Å². The number of methoxy groups -OCH3 is 1. The number of hydrogen-bond acceptors (Lipinski definition) is 5. The lowest BCUT2D eigenvalue weighted by atomic mass is 9.98. The molecule has 1 fully saturated rings. The van der Waals surface area contributed by atoms with Crippen molar-refractivity contribution in [3.8, 4) is 22.7 Å². The van der Waals surface area contributed by atoms with Gasteiger partial charge < -0.3 is 14.2 Å². The SMILES string of the molecule is COc1cc(-c2cn(C34C[C@H]3CCc3ccccc3N(CC(F)(F)F)C4=O)nn2)ccc1-n1cnc(C)c1. The summed E-state index contributed by atoms with van der Waals surface area (Å²) >= 11 is 0. The van der Waals surface area contributed by atoms with Gasteiger partial charge in [-0.05, 0) is 55.9 Å². The van der Waals surface area contributed by atoms with Crippen LogP contribution in [0.4, 0.5) is 18.9 Å². The molecule has 2 aromatic heterocycles. The lowest BCUT2D eigenvalue weighted by Crippen LogP contribution is -2.48. The average molecular weight is 523 g/mol. The molecule has 2 aliphatic rings. The first-order valence-corrected chi connectivity index (χ1v) is 12.3. The summed E-state index contributed by atoms with van der Waals surface area (Å²) in [5.74, 6) is -0.145. The van der Waals surface area contributed by atoms with Crippen LogP contribution >= 0.6 is 0 Å². The Morgan fingerprint density at radius 3 is 2.68 bits per heavy atom. The van der Waals surface area contributed by atoms with E-state index in [9.17, 15) is 18.0 Å². The van der Waals surface area contributed by atoms with Gasteiger partial charge in [-0.1, -0.05) is 29.5 Å². The Labute approximate surface area is 216 Å². The van der Waals surface area contributed by atoms with Gasteiger partial charge in [0.1, 0.15) is 23.5 Å². The lowest BCUT2D eigenvalue weighted by molar-refractivity contribution is -0.136. The molecule has 1 aliphatic carbocycles. The maximum Gasteiger partial charge on any atom is 0.406 e. The van der Waals surface area contributed by atoms with E-state index >= 15 is 0 Å². The summed E-state index contributed by atoms with van der Waals surface area (Å²) < 4.78 is 49.8. The Morgan fingerprint density at radius 1 is 1.13 bits per heavy atom. The highest BCUT2D eigenvalue weighted by Crippen LogP contribution is 2.56. The maximum atomic E-state index is 13.9. The van der Waals surface area contributed by atoms with Gasteiger partial charge in [-0.3, -0.25) is 4.79 Å². The number of carbonyl (C=O) groups is 1. The van der Waals surface area contributed by atoms with Crippen molar-refractivity contribution >= 4 is 11.6 Å². The molecular weight excluding hydrogens is 497 g/mol. The first kappa shape index (κ1) is 24.2. The second-order valence-electron chi connectivity index (χ2n) is 9.86. The maximum absolute atomic E-state index is 13.9. The van der Waals surface area contributed by atoms with E-state index in [-0.39, 0.29) is 5.92 Å². The van der Waals surface area contributed by atoms with E-state index < -0.39 is 24.2 Å². The standard InChI is InChI=1S/C27H25F3N6O2/c1-17-13-34(16-31-17)23-10-8-19(11-24(23)38-2)21-14-36(33-32-21)26-12-20(26)9-7-18-5-3-4-6-22(18)35(25(26)37)15-27(28,29)30/h3-6,8,10-11,13-14,16,20H,7,9,12,15H2,1-2H3/t20-,26?/m1/s1. The molecule has 0 N–H and O–H groups in total. The zero-order valence-corrected chi connectivity index (χ0v) is 20.8. The highest BCUT2D eigenvalue weighted by Gasteiger charge is 2.64. The van der Waals surface area contributed by atoms with Gasteiger partial charge in [0.05, 0.1) is 31.0 Å². The Balaban J connectivity index is 1.36. The Kier molecular flexibility index (Phi) is 5.55. The van der Waals surface area contributed by atoms with Crippen LogP contribution in [0.25, 0.3) is 16.9 Å². The number of anilines is 1. The number of aromatic nitrogens is 5. The fraction of sp³-hybridized carbons (Fsp3) is 0.333. The van der Waals surface area contributed by atoms with Crippen molar-refractivity contribution in [3.63, 3.8) is 0 Å². The predicted octanol–water partition coefficient (Wildman–Crippen LogP) is 4.70. The lowest BCUT2D eigenvalue weighted by Gasteiger charge is -2.32. The minimum atomic E-state index is -4.55. The molecule has 2 aromatic carbocycles. The number of rotatable bonds is 5. The molecule has 11 heteroatoms. The van der Waals surface area contributed by atoms with Crippen molar-refractivity contribution in [1.82, 2.24) is 24.5 Å². The number of alkyl halides is 3. The molecule has 0 saturated heterocycles. The van der Waals surface area contributed by atoms with Crippen LogP contribution in [0.3, 0.4) is 0 Å². The predicted molar refractivity (Wildman–Crippen MR) is 133 cm³/mol. The average Bonchev–Trinajstić information content (AvgIpc) is 3.19. The van der Waals surface area contributed by atoms with Crippen LogP contribution in [0.5, 0.6) is 5.75 Å². The van der Waals surface area contributed by atoms with Gasteiger partial charge in [0.2, 0.25) is 0 Å². The van der Waals surface area contributed by atoms with Gasteiger partial charge in [0, 0.05) is 17.4 Å². The molecule has 38 heavy (non-hydrogen) atoms. The molecular formula is C27H25F3N6O2. The summed E-state index contributed by atoms with van der Waals surface area (Å²) in [6.07, 6.45) is 2.34. The number of fused-ring (bicyclic) bond motifs is 2. The number of amides is 1. The first-order valence-electron chi connectivity index (χ1n) is 12.3. The summed E-state index contributed by atoms with van der Waals surface area (Å²) in [5.41, 5.74) is 2.71. The molecule has 1 amide bonds. The van der Waals surface area contributed by atoms with Crippen LogP contribution in [-0.4, -0.2) is 50.3 Å². The molecule has 1 unspecified atom stereocenters. The second kappa shape index (κ2) is 8.71. The van der Waals surface area contributed by atoms with Crippen LogP contribution in [0.1, 0.15) is 24.1 Å². The molecule has 4 aromatic rings. The largest absolute Gasteiger partial charge is 0.495 e. The minimum absolute atomic E-state index is 0.130. The number of halogens is 3. The molecule has 8 nitrogen and oxygen atoms in total. The van der Waals surface area contributed by atoms with Gasteiger partial charge in [0.15, 0.2) is 0 Å².